The van der Waals surface area contributed by atoms with Crippen molar-refractivity contribution in [3.8, 4) is 5.75 Å². The zero-order valence-electron chi connectivity index (χ0n) is 18.0. The summed E-state index contributed by atoms with van der Waals surface area (Å²) in [5, 5.41) is 3.15. The van der Waals surface area contributed by atoms with Gasteiger partial charge in [0, 0.05) is 0 Å². The lowest BCUT2D eigenvalue weighted by atomic mass is 9.87. The Hall–Kier alpha value is -2.72. The van der Waals surface area contributed by atoms with E-state index in [0.29, 0.717) is 17.2 Å². The van der Waals surface area contributed by atoms with Crippen molar-refractivity contribution in [2.45, 2.75) is 31.4 Å². The smallest absolute Gasteiger partial charge is 0.234 e. The number of benzene rings is 3. The molecule has 0 unspecified atom stereocenters. The van der Waals surface area contributed by atoms with Crippen LogP contribution in [0.1, 0.15) is 42.7 Å². The van der Waals surface area contributed by atoms with Crippen LogP contribution in [0.5, 0.6) is 5.75 Å². The minimum absolute atomic E-state index is 0.00773. The average molecular weight is 420 g/mol. The average Bonchev–Trinajstić information content (AvgIpc) is 2.75. The second-order valence-corrected chi connectivity index (χ2v) is 9.32. The molecule has 0 atom stereocenters. The van der Waals surface area contributed by atoms with E-state index in [0.717, 1.165) is 5.56 Å². The van der Waals surface area contributed by atoms with Crippen LogP contribution in [0, 0.1) is 0 Å². The van der Waals surface area contributed by atoms with Crippen molar-refractivity contribution in [2.24, 2.45) is 0 Å². The van der Waals surface area contributed by atoms with E-state index in [4.69, 9.17) is 4.74 Å². The van der Waals surface area contributed by atoms with Crippen LogP contribution in [-0.2, 0) is 10.2 Å². The molecular formula is C26H29NO2S. The fourth-order valence-corrected chi connectivity index (χ4v) is 4.35. The van der Waals surface area contributed by atoms with Gasteiger partial charge in [0.2, 0.25) is 5.91 Å². The predicted octanol–water partition coefficient (Wildman–Crippen LogP) is 6.45. The van der Waals surface area contributed by atoms with E-state index in [-0.39, 0.29) is 16.6 Å². The van der Waals surface area contributed by atoms with Gasteiger partial charge in [-0.3, -0.25) is 4.79 Å². The Balaban J connectivity index is 1.75. The zero-order valence-corrected chi connectivity index (χ0v) is 18.8. The Morgan fingerprint density at radius 2 is 1.50 bits per heavy atom. The Bertz CT molecular complexity index is 926. The van der Waals surface area contributed by atoms with Crippen molar-refractivity contribution in [2.75, 3.05) is 18.2 Å². The van der Waals surface area contributed by atoms with E-state index in [1.54, 1.807) is 18.9 Å². The Morgan fingerprint density at radius 1 is 0.933 bits per heavy atom. The summed E-state index contributed by atoms with van der Waals surface area (Å²) in [5.74, 6) is 0.974. The molecule has 156 valence electrons. The number of thioether (sulfide) groups is 1. The lowest BCUT2D eigenvalue weighted by Gasteiger charge is -2.21. The van der Waals surface area contributed by atoms with Crippen molar-refractivity contribution in [3.63, 3.8) is 0 Å². The van der Waals surface area contributed by atoms with Gasteiger partial charge in [-0.15, -0.1) is 11.8 Å². The van der Waals surface area contributed by atoms with Crippen molar-refractivity contribution >= 4 is 23.4 Å². The summed E-state index contributed by atoms with van der Waals surface area (Å²) < 4.78 is 5.46. The second-order valence-electron chi connectivity index (χ2n) is 8.23. The van der Waals surface area contributed by atoms with Gasteiger partial charge in [-0.2, -0.15) is 0 Å². The highest BCUT2D eigenvalue weighted by molar-refractivity contribution is 8.00. The topological polar surface area (TPSA) is 38.3 Å². The molecule has 0 heterocycles. The Kier molecular flexibility index (Phi) is 7.22. The fraction of sp³-hybridized carbons (Fsp3) is 0.269. The number of rotatable bonds is 7. The molecule has 3 aromatic carbocycles. The molecule has 0 saturated heterocycles. The van der Waals surface area contributed by atoms with Gasteiger partial charge in [-0.05, 0) is 34.2 Å². The standard InChI is InChI=1S/C26H29NO2S/c1-26(2,3)21-15-16-23(29-4)22(17-21)27-24(28)18-30-25(19-11-7-5-8-12-19)20-13-9-6-10-14-20/h5-17,25H,18H2,1-4H3,(H,27,28). The summed E-state index contributed by atoms with van der Waals surface area (Å²) in [6, 6.07) is 26.6. The quantitative estimate of drug-likeness (QED) is 0.478. The molecule has 0 aliphatic rings. The molecule has 0 spiro atoms. The number of carbonyl (C=O) groups excluding carboxylic acids is 1. The summed E-state index contributed by atoms with van der Waals surface area (Å²) in [5.41, 5.74) is 4.23. The number of nitrogens with one attached hydrogen (secondary N) is 1. The molecule has 3 aromatic rings. The monoisotopic (exact) mass is 419 g/mol. The van der Waals surface area contributed by atoms with Crippen LogP contribution >= 0.6 is 11.8 Å². The summed E-state index contributed by atoms with van der Waals surface area (Å²) >= 11 is 1.63. The van der Waals surface area contributed by atoms with Crippen molar-refractivity contribution < 1.29 is 9.53 Å². The van der Waals surface area contributed by atoms with Crippen LogP contribution in [0.4, 0.5) is 5.69 Å². The molecule has 0 fully saturated rings. The first kappa shape index (κ1) is 22.0. The van der Waals surface area contributed by atoms with Crippen LogP contribution in [-0.4, -0.2) is 18.8 Å². The third kappa shape index (κ3) is 5.67. The second kappa shape index (κ2) is 9.86. The molecule has 0 saturated carbocycles. The number of methoxy groups -OCH3 is 1. The SMILES string of the molecule is COc1ccc(C(C)(C)C)cc1NC(=O)CSC(c1ccccc1)c1ccccc1. The summed E-state index contributed by atoms with van der Waals surface area (Å²) in [4.78, 5) is 12.8. The highest BCUT2D eigenvalue weighted by atomic mass is 32.2. The molecular weight excluding hydrogens is 390 g/mol. The van der Waals surface area contributed by atoms with Gasteiger partial charge in [0.1, 0.15) is 5.75 Å². The third-order valence-electron chi connectivity index (χ3n) is 4.93. The number of hydrogen-bond donors (Lipinski definition) is 1. The van der Waals surface area contributed by atoms with E-state index in [9.17, 15) is 4.79 Å². The molecule has 0 aromatic heterocycles. The van der Waals surface area contributed by atoms with Gasteiger partial charge >= 0.3 is 0 Å². The summed E-state index contributed by atoms with van der Waals surface area (Å²) in [6.07, 6.45) is 0. The molecule has 3 rings (SSSR count). The van der Waals surface area contributed by atoms with Crippen molar-refractivity contribution in [3.05, 3.63) is 95.6 Å². The first-order valence-corrected chi connectivity index (χ1v) is 11.1. The molecule has 30 heavy (non-hydrogen) atoms. The molecule has 0 aliphatic carbocycles. The number of hydrogen-bond acceptors (Lipinski definition) is 3. The molecule has 1 N–H and O–H groups in total. The van der Waals surface area contributed by atoms with Gasteiger partial charge in [0.05, 0.1) is 23.8 Å². The van der Waals surface area contributed by atoms with Gasteiger partial charge in [-0.1, -0.05) is 87.5 Å². The molecule has 1 amide bonds. The maximum absolute atomic E-state index is 12.8. The number of amides is 1. The van der Waals surface area contributed by atoms with E-state index in [2.05, 4.69) is 50.4 Å². The van der Waals surface area contributed by atoms with E-state index < -0.39 is 0 Å². The zero-order chi connectivity index (χ0) is 21.6. The molecule has 3 nitrogen and oxygen atoms in total. The van der Waals surface area contributed by atoms with E-state index >= 15 is 0 Å². The summed E-state index contributed by atoms with van der Waals surface area (Å²) in [7, 11) is 1.62. The molecule has 0 bridgehead atoms. The van der Waals surface area contributed by atoms with Crippen LogP contribution in [0.25, 0.3) is 0 Å². The number of carbonyl (C=O) groups is 1. The minimum atomic E-state index is -0.0405. The minimum Gasteiger partial charge on any atom is -0.495 e. The van der Waals surface area contributed by atoms with Crippen LogP contribution in [0.3, 0.4) is 0 Å². The van der Waals surface area contributed by atoms with Gasteiger partial charge < -0.3 is 10.1 Å². The number of anilines is 1. The van der Waals surface area contributed by atoms with Crippen LogP contribution < -0.4 is 10.1 Å². The first-order chi connectivity index (χ1) is 14.4. The fourth-order valence-electron chi connectivity index (χ4n) is 3.26. The van der Waals surface area contributed by atoms with E-state index in [1.165, 1.54) is 11.1 Å². The normalized spacial score (nSPS) is 11.4. The van der Waals surface area contributed by atoms with Gasteiger partial charge in [0.25, 0.3) is 0 Å². The lowest BCUT2D eigenvalue weighted by molar-refractivity contribution is -0.113. The van der Waals surface area contributed by atoms with Crippen molar-refractivity contribution in [1.82, 2.24) is 0 Å². The molecule has 0 aliphatic heterocycles. The summed E-state index contributed by atoms with van der Waals surface area (Å²) in [6.45, 7) is 6.46. The predicted molar refractivity (Wildman–Crippen MR) is 128 cm³/mol. The van der Waals surface area contributed by atoms with Crippen LogP contribution in [0.2, 0.25) is 0 Å². The van der Waals surface area contributed by atoms with Gasteiger partial charge in [0.15, 0.2) is 0 Å². The lowest BCUT2D eigenvalue weighted by Crippen LogP contribution is -2.17. The maximum atomic E-state index is 12.8. The highest BCUT2D eigenvalue weighted by Crippen LogP contribution is 2.36. The van der Waals surface area contributed by atoms with Gasteiger partial charge in [-0.25, -0.2) is 0 Å². The molecule has 4 heteroatoms. The van der Waals surface area contributed by atoms with E-state index in [1.807, 2.05) is 54.6 Å². The molecule has 0 radical (unpaired) electrons. The largest absolute Gasteiger partial charge is 0.495 e. The van der Waals surface area contributed by atoms with Crippen LogP contribution in [0.15, 0.2) is 78.9 Å². The Labute approximate surface area is 183 Å². The Morgan fingerprint density at radius 3 is 2.00 bits per heavy atom. The maximum Gasteiger partial charge on any atom is 0.234 e. The van der Waals surface area contributed by atoms with Crippen molar-refractivity contribution in [1.29, 1.82) is 0 Å². The third-order valence-corrected chi connectivity index (χ3v) is 6.23. The first-order valence-electron chi connectivity index (χ1n) is 10.1. The highest BCUT2D eigenvalue weighted by Gasteiger charge is 2.19. The number of ether oxygens (including phenoxy) is 1.